The van der Waals surface area contributed by atoms with Crippen LogP contribution >= 0.6 is 0 Å². The van der Waals surface area contributed by atoms with Crippen LogP contribution in [0.2, 0.25) is 0 Å². The lowest BCUT2D eigenvalue weighted by molar-refractivity contribution is 0.420. The zero-order valence-electron chi connectivity index (χ0n) is 8.66. The number of aromatic nitrogens is 1. The predicted molar refractivity (Wildman–Crippen MR) is 57.1 cm³/mol. The summed E-state index contributed by atoms with van der Waals surface area (Å²) in [5.41, 5.74) is 8.06. The van der Waals surface area contributed by atoms with E-state index in [4.69, 9.17) is 10.3 Å². The van der Waals surface area contributed by atoms with Crippen LogP contribution in [0.3, 0.4) is 0 Å². The summed E-state index contributed by atoms with van der Waals surface area (Å²) in [7, 11) is 0. The first-order valence-electron chi connectivity index (χ1n) is 4.64. The van der Waals surface area contributed by atoms with Crippen LogP contribution < -0.4 is 5.73 Å². The van der Waals surface area contributed by atoms with Crippen molar-refractivity contribution in [3.8, 4) is 0 Å². The molecule has 0 unspecified atom stereocenters. The Hall–Kier alpha value is -1.51. The zero-order valence-corrected chi connectivity index (χ0v) is 8.66. The van der Waals surface area contributed by atoms with Gasteiger partial charge in [-0.2, -0.15) is 0 Å². The molecule has 0 amide bonds. The fraction of sp³-hybridized carbons (Fsp3) is 0.364. The van der Waals surface area contributed by atoms with Crippen molar-refractivity contribution >= 4 is 16.7 Å². The maximum atomic E-state index is 5.78. The molecule has 1 aromatic heterocycles. The van der Waals surface area contributed by atoms with E-state index in [2.05, 4.69) is 25.9 Å². The summed E-state index contributed by atoms with van der Waals surface area (Å²) in [6.07, 6.45) is 0. The molecule has 2 rings (SSSR count). The minimum Gasteiger partial charge on any atom is -0.396 e. The number of hydrogen-bond acceptors (Lipinski definition) is 3. The van der Waals surface area contributed by atoms with Gasteiger partial charge < -0.3 is 10.3 Å². The quantitative estimate of drug-likeness (QED) is 0.650. The van der Waals surface area contributed by atoms with E-state index in [9.17, 15) is 0 Å². The largest absolute Gasteiger partial charge is 0.396 e. The van der Waals surface area contributed by atoms with Gasteiger partial charge in [0.05, 0.1) is 11.4 Å². The molecule has 0 aliphatic carbocycles. The SMILES string of the molecule is CC(C)(C)c1noc2c(N)cccc12. The summed E-state index contributed by atoms with van der Waals surface area (Å²) < 4.78 is 5.23. The molecule has 1 aromatic carbocycles. The van der Waals surface area contributed by atoms with Crippen molar-refractivity contribution in [1.29, 1.82) is 0 Å². The van der Waals surface area contributed by atoms with Crippen LogP contribution in [-0.2, 0) is 5.41 Å². The van der Waals surface area contributed by atoms with Crippen LogP contribution in [0, 0.1) is 0 Å². The maximum absolute atomic E-state index is 5.78. The minimum atomic E-state index is -0.0148. The van der Waals surface area contributed by atoms with Gasteiger partial charge in [-0.25, -0.2) is 0 Å². The molecule has 0 aliphatic rings. The molecule has 0 bridgehead atoms. The zero-order chi connectivity index (χ0) is 10.3. The first-order chi connectivity index (χ1) is 6.50. The minimum absolute atomic E-state index is 0.0148. The lowest BCUT2D eigenvalue weighted by Gasteiger charge is -2.14. The molecule has 3 heteroatoms. The Labute approximate surface area is 82.9 Å². The second-order valence-electron chi connectivity index (χ2n) is 4.51. The van der Waals surface area contributed by atoms with E-state index in [1.165, 1.54) is 0 Å². The van der Waals surface area contributed by atoms with E-state index in [1.54, 1.807) is 0 Å². The molecular weight excluding hydrogens is 176 g/mol. The van der Waals surface area contributed by atoms with Crippen molar-refractivity contribution in [2.45, 2.75) is 26.2 Å². The van der Waals surface area contributed by atoms with Crippen molar-refractivity contribution in [1.82, 2.24) is 5.16 Å². The number of fused-ring (bicyclic) bond motifs is 1. The number of benzene rings is 1. The van der Waals surface area contributed by atoms with E-state index in [1.807, 2.05) is 18.2 Å². The van der Waals surface area contributed by atoms with Gasteiger partial charge in [0, 0.05) is 10.8 Å². The Morgan fingerprint density at radius 3 is 2.64 bits per heavy atom. The molecule has 0 spiro atoms. The van der Waals surface area contributed by atoms with Crippen molar-refractivity contribution in [2.24, 2.45) is 0 Å². The van der Waals surface area contributed by atoms with E-state index in [0.29, 0.717) is 11.3 Å². The first kappa shape index (κ1) is 9.06. The Kier molecular flexibility index (Phi) is 1.77. The second kappa shape index (κ2) is 2.74. The third-order valence-electron chi connectivity index (χ3n) is 2.24. The van der Waals surface area contributed by atoms with Crippen LogP contribution in [0.1, 0.15) is 26.5 Å². The topological polar surface area (TPSA) is 52.0 Å². The van der Waals surface area contributed by atoms with E-state index in [-0.39, 0.29) is 5.41 Å². The number of nitrogen functional groups attached to an aromatic ring is 1. The van der Waals surface area contributed by atoms with Gasteiger partial charge in [-0.1, -0.05) is 32.0 Å². The van der Waals surface area contributed by atoms with Crippen LogP contribution in [0.4, 0.5) is 5.69 Å². The van der Waals surface area contributed by atoms with Crippen LogP contribution in [-0.4, -0.2) is 5.16 Å². The molecule has 0 saturated carbocycles. The van der Waals surface area contributed by atoms with Gasteiger partial charge in [-0.15, -0.1) is 0 Å². The molecule has 74 valence electrons. The smallest absolute Gasteiger partial charge is 0.189 e. The van der Waals surface area contributed by atoms with Crippen LogP contribution in [0.5, 0.6) is 0 Å². The van der Waals surface area contributed by atoms with E-state index in [0.717, 1.165) is 11.1 Å². The van der Waals surface area contributed by atoms with Crippen LogP contribution in [0.25, 0.3) is 11.0 Å². The number of para-hydroxylation sites is 1. The Morgan fingerprint density at radius 1 is 1.29 bits per heavy atom. The summed E-state index contributed by atoms with van der Waals surface area (Å²) >= 11 is 0. The Bertz CT molecular complexity index is 466. The third-order valence-corrected chi connectivity index (χ3v) is 2.24. The summed E-state index contributed by atoms with van der Waals surface area (Å²) in [6, 6.07) is 5.73. The lowest BCUT2D eigenvalue weighted by Crippen LogP contribution is -2.11. The van der Waals surface area contributed by atoms with Gasteiger partial charge in [0.2, 0.25) is 0 Å². The molecule has 14 heavy (non-hydrogen) atoms. The number of hydrogen-bond donors (Lipinski definition) is 1. The highest BCUT2D eigenvalue weighted by atomic mass is 16.5. The lowest BCUT2D eigenvalue weighted by atomic mass is 9.90. The predicted octanol–water partition coefficient (Wildman–Crippen LogP) is 2.71. The molecule has 0 fully saturated rings. The Morgan fingerprint density at radius 2 is 2.00 bits per heavy atom. The highest BCUT2D eigenvalue weighted by molar-refractivity contribution is 5.89. The van der Waals surface area contributed by atoms with Gasteiger partial charge in [0.25, 0.3) is 0 Å². The van der Waals surface area contributed by atoms with Gasteiger partial charge >= 0.3 is 0 Å². The number of nitrogens with zero attached hydrogens (tertiary/aromatic N) is 1. The normalized spacial score (nSPS) is 12.2. The highest BCUT2D eigenvalue weighted by Crippen LogP contribution is 2.31. The number of rotatable bonds is 0. The molecule has 2 aromatic rings. The second-order valence-corrected chi connectivity index (χ2v) is 4.51. The van der Waals surface area contributed by atoms with Crippen molar-refractivity contribution < 1.29 is 4.52 Å². The van der Waals surface area contributed by atoms with Gasteiger partial charge in [0.15, 0.2) is 5.58 Å². The summed E-state index contributed by atoms with van der Waals surface area (Å²) in [4.78, 5) is 0. The summed E-state index contributed by atoms with van der Waals surface area (Å²) in [5, 5.41) is 5.08. The summed E-state index contributed by atoms with van der Waals surface area (Å²) in [6.45, 7) is 6.31. The molecule has 2 N–H and O–H groups in total. The van der Waals surface area contributed by atoms with Crippen LogP contribution in [0.15, 0.2) is 22.7 Å². The molecule has 0 saturated heterocycles. The molecule has 0 aliphatic heterocycles. The number of anilines is 1. The van der Waals surface area contributed by atoms with Crippen molar-refractivity contribution in [3.05, 3.63) is 23.9 Å². The molecular formula is C11H14N2O. The first-order valence-corrected chi connectivity index (χ1v) is 4.64. The average Bonchev–Trinajstić information content (AvgIpc) is 2.47. The molecule has 1 heterocycles. The number of nitrogens with two attached hydrogens (primary N) is 1. The standard InChI is InChI=1S/C11H14N2O/c1-11(2,3)10-7-5-4-6-8(12)9(7)14-13-10/h4-6H,12H2,1-3H3. The molecule has 3 nitrogen and oxygen atoms in total. The summed E-state index contributed by atoms with van der Waals surface area (Å²) in [5.74, 6) is 0. The van der Waals surface area contributed by atoms with E-state index >= 15 is 0 Å². The fourth-order valence-corrected chi connectivity index (χ4v) is 1.52. The highest BCUT2D eigenvalue weighted by Gasteiger charge is 2.22. The fourth-order valence-electron chi connectivity index (χ4n) is 1.52. The van der Waals surface area contributed by atoms with E-state index < -0.39 is 0 Å². The van der Waals surface area contributed by atoms with Gasteiger partial charge in [-0.3, -0.25) is 0 Å². The van der Waals surface area contributed by atoms with Crippen molar-refractivity contribution in [3.63, 3.8) is 0 Å². The third kappa shape index (κ3) is 1.25. The van der Waals surface area contributed by atoms with Crippen molar-refractivity contribution in [2.75, 3.05) is 5.73 Å². The molecule has 0 radical (unpaired) electrons. The Balaban J connectivity index is 2.76. The van der Waals surface area contributed by atoms with Gasteiger partial charge in [0.1, 0.15) is 0 Å². The molecule has 0 atom stereocenters. The monoisotopic (exact) mass is 190 g/mol. The maximum Gasteiger partial charge on any atom is 0.189 e. The van der Waals surface area contributed by atoms with Gasteiger partial charge in [-0.05, 0) is 12.1 Å². The average molecular weight is 190 g/mol.